The Labute approximate surface area is 196 Å². The Bertz CT molecular complexity index is 1270. The monoisotopic (exact) mass is 491 g/mol. The molecule has 1 saturated heterocycles. The Morgan fingerprint density at radius 2 is 1.45 bits per heavy atom. The number of carbonyl (C=O) groups is 2. The number of halogens is 5. The number of alkyl halides is 3. The quantitative estimate of drug-likeness (QED) is 0.254. The summed E-state index contributed by atoms with van der Waals surface area (Å²) in [5, 5.41) is 11.7. The molecule has 3 aromatic rings. The van der Waals surface area contributed by atoms with E-state index >= 15 is 0 Å². The van der Waals surface area contributed by atoms with E-state index in [1.165, 1.54) is 54.6 Å². The molecule has 4 nitrogen and oxygen atoms in total. The maximum Gasteiger partial charge on any atom is 0.416 e. The summed E-state index contributed by atoms with van der Waals surface area (Å²) < 4.78 is 39.9. The molecular weight excluding hydrogens is 478 g/mol. The van der Waals surface area contributed by atoms with Crippen LogP contribution in [0.15, 0.2) is 78.4 Å². The van der Waals surface area contributed by atoms with Crippen molar-refractivity contribution in [3.63, 3.8) is 0 Å². The van der Waals surface area contributed by atoms with Gasteiger partial charge in [0.2, 0.25) is 0 Å². The number of benzene rings is 3. The predicted molar refractivity (Wildman–Crippen MR) is 119 cm³/mol. The molecule has 168 valence electrons. The second-order valence-electron chi connectivity index (χ2n) is 7.28. The summed E-state index contributed by atoms with van der Waals surface area (Å²) in [6, 6.07) is 15.0. The summed E-state index contributed by atoms with van der Waals surface area (Å²) in [5.41, 5.74) is -0.773. The van der Waals surface area contributed by atoms with Crippen LogP contribution in [0.1, 0.15) is 22.7 Å². The fourth-order valence-corrected chi connectivity index (χ4v) is 3.91. The second-order valence-corrected chi connectivity index (χ2v) is 8.15. The zero-order chi connectivity index (χ0) is 23.9. The lowest BCUT2D eigenvalue weighted by molar-refractivity contribution is -0.137. The largest absolute Gasteiger partial charge is 0.507 e. The highest BCUT2D eigenvalue weighted by atomic mass is 35.5. The van der Waals surface area contributed by atoms with Crippen LogP contribution in [-0.4, -0.2) is 16.8 Å². The van der Waals surface area contributed by atoms with Crippen LogP contribution in [0.2, 0.25) is 10.0 Å². The third-order valence-electron chi connectivity index (χ3n) is 5.20. The second kappa shape index (κ2) is 8.57. The number of rotatable bonds is 3. The van der Waals surface area contributed by atoms with Crippen LogP contribution in [0.3, 0.4) is 0 Å². The number of ketones is 1. The van der Waals surface area contributed by atoms with Gasteiger partial charge in [-0.2, -0.15) is 13.2 Å². The lowest BCUT2D eigenvalue weighted by atomic mass is 9.95. The van der Waals surface area contributed by atoms with E-state index in [1.54, 1.807) is 0 Å². The first-order valence-corrected chi connectivity index (χ1v) is 10.3. The van der Waals surface area contributed by atoms with Crippen molar-refractivity contribution in [2.45, 2.75) is 12.2 Å². The number of aliphatic hydroxyl groups excluding tert-OH is 1. The number of hydrogen-bond donors (Lipinski definition) is 1. The van der Waals surface area contributed by atoms with Gasteiger partial charge in [-0.3, -0.25) is 14.5 Å². The van der Waals surface area contributed by atoms with Gasteiger partial charge in [0.1, 0.15) is 5.76 Å². The molecule has 3 aromatic carbocycles. The highest BCUT2D eigenvalue weighted by molar-refractivity contribution is 6.51. The lowest BCUT2D eigenvalue weighted by Crippen LogP contribution is -2.29. The molecule has 0 aliphatic carbocycles. The van der Waals surface area contributed by atoms with E-state index in [1.807, 2.05) is 0 Å². The molecule has 1 atom stereocenters. The summed E-state index contributed by atoms with van der Waals surface area (Å²) in [4.78, 5) is 27.0. The molecule has 1 unspecified atom stereocenters. The molecule has 33 heavy (non-hydrogen) atoms. The summed E-state index contributed by atoms with van der Waals surface area (Å²) in [5.74, 6) is -2.57. The van der Waals surface area contributed by atoms with Crippen LogP contribution in [0.5, 0.6) is 0 Å². The van der Waals surface area contributed by atoms with Gasteiger partial charge in [-0.15, -0.1) is 0 Å². The minimum atomic E-state index is -4.65. The number of nitrogens with zero attached hydrogens (tertiary/aromatic N) is 1. The smallest absolute Gasteiger partial charge is 0.416 e. The van der Waals surface area contributed by atoms with Gasteiger partial charge >= 0.3 is 6.18 Å². The Balaban J connectivity index is 1.94. The normalized spacial score (nSPS) is 18.1. The van der Waals surface area contributed by atoms with Crippen LogP contribution in [0.4, 0.5) is 18.9 Å². The maximum absolute atomic E-state index is 13.3. The molecule has 0 spiro atoms. The zero-order valence-corrected chi connectivity index (χ0v) is 18.1. The maximum atomic E-state index is 13.3. The molecule has 1 N–H and O–H groups in total. The van der Waals surface area contributed by atoms with Gasteiger partial charge in [0.05, 0.1) is 17.2 Å². The molecule has 1 aliphatic rings. The molecule has 4 rings (SSSR count). The Morgan fingerprint density at radius 1 is 0.879 bits per heavy atom. The Kier molecular flexibility index (Phi) is 5.95. The zero-order valence-electron chi connectivity index (χ0n) is 16.6. The van der Waals surface area contributed by atoms with Gasteiger partial charge in [0, 0.05) is 21.3 Å². The Hall–Kier alpha value is -3.29. The number of hydrogen-bond acceptors (Lipinski definition) is 3. The van der Waals surface area contributed by atoms with Crippen LogP contribution in [0, 0.1) is 0 Å². The number of carbonyl (C=O) groups excluding carboxylic acids is 2. The number of anilines is 1. The average molecular weight is 492 g/mol. The van der Waals surface area contributed by atoms with Crippen molar-refractivity contribution in [3.05, 3.63) is 105 Å². The molecule has 1 fully saturated rings. The van der Waals surface area contributed by atoms with Gasteiger partial charge in [0.25, 0.3) is 11.7 Å². The van der Waals surface area contributed by atoms with Gasteiger partial charge in [-0.05, 0) is 60.2 Å². The van der Waals surface area contributed by atoms with Crippen molar-refractivity contribution in [3.8, 4) is 0 Å². The van der Waals surface area contributed by atoms with Crippen LogP contribution < -0.4 is 4.90 Å². The number of Topliss-reactive ketones (excluding diaryl/α,β-unsaturated/α-hetero) is 1. The van der Waals surface area contributed by atoms with Gasteiger partial charge in [-0.25, -0.2) is 0 Å². The molecule has 0 saturated carbocycles. The van der Waals surface area contributed by atoms with Crippen molar-refractivity contribution >= 4 is 46.3 Å². The molecule has 0 aromatic heterocycles. The molecular formula is C24H14Cl2F3NO3. The first kappa shape index (κ1) is 22.9. The summed E-state index contributed by atoms with van der Waals surface area (Å²) in [6.45, 7) is 0. The third-order valence-corrected chi connectivity index (χ3v) is 5.70. The first-order chi connectivity index (χ1) is 15.6. The minimum Gasteiger partial charge on any atom is -0.507 e. The molecule has 9 heteroatoms. The average Bonchev–Trinajstić information content (AvgIpc) is 3.04. The predicted octanol–water partition coefficient (Wildman–Crippen LogP) is 6.64. The van der Waals surface area contributed by atoms with Gasteiger partial charge in [-0.1, -0.05) is 41.4 Å². The molecule has 1 heterocycles. The van der Waals surface area contributed by atoms with Crippen molar-refractivity contribution in [2.24, 2.45) is 0 Å². The highest BCUT2D eigenvalue weighted by Crippen LogP contribution is 2.43. The standard InChI is InChI=1S/C24H14Cl2F3NO3/c25-16-8-4-13(5-9-16)20-19(21(31)14-6-10-17(26)11-7-14)22(32)23(33)30(20)18-3-1-2-15(12-18)24(27,28)29/h1-12,20,31H. The van der Waals surface area contributed by atoms with Crippen molar-refractivity contribution in [1.82, 2.24) is 0 Å². The first-order valence-electron chi connectivity index (χ1n) is 9.57. The number of aliphatic hydroxyl groups is 1. The third kappa shape index (κ3) is 4.34. The van der Waals surface area contributed by atoms with Crippen molar-refractivity contribution in [1.29, 1.82) is 0 Å². The molecule has 0 radical (unpaired) electrons. The van der Waals surface area contributed by atoms with E-state index in [2.05, 4.69) is 0 Å². The van der Waals surface area contributed by atoms with E-state index < -0.39 is 35.2 Å². The van der Waals surface area contributed by atoms with E-state index in [0.717, 1.165) is 23.1 Å². The summed E-state index contributed by atoms with van der Waals surface area (Å²) >= 11 is 11.9. The lowest BCUT2D eigenvalue weighted by Gasteiger charge is -2.26. The summed E-state index contributed by atoms with van der Waals surface area (Å²) in [7, 11) is 0. The number of amides is 1. The van der Waals surface area contributed by atoms with E-state index in [9.17, 15) is 27.9 Å². The molecule has 1 amide bonds. The summed E-state index contributed by atoms with van der Waals surface area (Å²) in [6.07, 6.45) is -4.65. The fourth-order valence-electron chi connectivity index (χ4n) is 3.65. The van der Waals surface area contributed by atoms with Crippen LogP contribution >= 0.6 is 23.2 Å². The van der Waals surface area contributed by atoms with Crippen LogP contribution in [-0.2, 0) is 15.8 Å². The topological polar surface area (TPSA) is 57.6 Å². The highest BCUT2D eigenvalue weighted by Gasteiger charge is 2.47. The fraction of sp³-hybridized carbons (Fsp3) is 0.0833. The van der Waals surface area contributed by atoms with Crippen molar-refractivity contribution < 1.29 is 27.9 Å². The van der Waals surface area contributed by atoms with E-state index in [4.69, 9.17) is 23.2 Å². The Morgan fingerprint density at radius 3 is 2.03 bits per heavy atom. The minimum absolute atomic E-state index is 0.137. The van der Waals surface area contributed by atoms with E-state index in [-0.39, 0.29) is 16.8 Å². The molecule has 0 bridgehead atoms. The molecule has 1 aliphatic heterocycles. The SMILES string of the molecule is O=C1C(=O)N(c2cccc(C(F)(F)F)c2)C(c2ccc(Cl)cc2)C1=C(O)c1ccc(Cl)cc1. The van der Waals surface area contributed by atoms with E-state index in [0.29, 0.717) is 15.6 Å². The van der Waals surface area contributed by atoms with Crippen LogP contribution in [0.25, 0.3) is 5.76 Å². The van der Waals surface area contributed by atoms with Gasteiger partial charge < -0.3 is 5.11 Å². The van der Waals surface area contributed by atoms with Gasteiger partial charge in [0.15, 0.2) is 0 Å². The van der Waals surface area contributed by atoms with Crippen molar-refractivity contribution in [2.75, 3.05) is 4.90 Å².